The minimum Gasteiger partial charge on any atom is -0.364 e. The first kappa shape index (κ1) is 12.2. The van der Waals surface area contributed by atoms with Crippen molar-refractivity contribution in [3.8, 4) is 5.69 Å². The summed E-state index contributed by atoms with van der Waals surface area (Å²) in [4.78, 5) is 14.4. The number of nitrogens with two attached hydrogens (primary N) is 1. The van der Waals surface area contributed by atoms with E-state index in [9.17, 15) is 18.0 Å². The maximum Gasteiger partial charge on any atom is 0.434 e. The third kappa shape index (κ3) is 2.06. The first-order valence-electron chi connectivity index (χ1n) is 4.91. The molecule has 0 bridgehead atoms. The number of alkyl halides is 3. The van der Waals surface area contributed by atoms with E-state index in [0.717, 1.165) is 10.9 Å². The largest absolute Gasteiger partial charge is 0.434 e. The number of aromatic nitrogens is 2. The number of halogens is 3. The molecule has 1 amide bonds. The number of carbonyl (C=O) groups is 1. The zero-order chi connectivity index (χ0) is 13.3. The van der Waals surface area contributed by atoms with Crippen LogP contribution in [0.1, 0.15) is 16.2 Å². The highest BCUT2D eigenvalue weighted by Crippen LogP contribution is 2.33. The van der Waals surface area contributed by atoms with Gasteiger partial charge in [-0.2, -0.15) is 13.2 Å². The molecule has 1 heterocycles. The second-order valence-corrected chi connectivity index (χ2v) is 3.51. The first-order valence-corrected chi connectivity index (χ1v) is 4.91. The highest BCUT2D eigenvalue weighted by Gasteiger charge is 2.40. The maximum absolute atomic E-state index is 12.9. The van der Waals surface area contributed by atoms with Crippen molar-refractivity contribution in [2.75, 3.05) is 0 Å². The van der Waals surface area contributed by atoms with Crippen LogP contribution < -0.4 is 5.73 Å². The molecule has 18 heavy (non-hydrogen) atoms. The number of para-hydroxylation sites is 1. The van der Waals surface area contributed by atoms with Crippen LogP contribution in [0, 0.1) is 0 Å². The van der Waals surface area contributed by atoms with Crippen LogP contribution in [0.2, 0.25) is 0 Å². The monoisotopic (exact) mass is 255 g/mol. The lowest BCUT2D eigenvalue weighted by Gasteiger charge is -2.11. The van der Waals surface area contributed by atoms with E-state index in [1.54, 1.807) is 18.2 Å². The van der Waals surface area contributed by atoms with Gasteiger partial charge in [0.1, 0.15) is 6.33 Å². The highest BCUT2D eigenvalue weighted by molar-refractivity contribution is 5.92. The number of amides is 1. The molecule has 0 aliphatic rings. The molecule has 2 aromatic rings. The van der Waals surface area contributed by atoms with Gasteiger partial charge in [-0.3, -0.25) is 9.36 Å². The van der Waals surface area contributed by atoms with E-state index in [-0.39, 0.29) is 5.69 Å². The third-order valence-electron chi connectivity index (χ3n) is 2.30. The summed E-state index contributed by atoms with van der Waals surface area (Å²) in [6, 6.07) is 7.78. The summed E-state index contributed by atoms with van der Waals surface area (Å²) in [7, 11) is 0. The molecule has 0 aliphatic carbocycles. The van der Waals surface area contributed by atoms with Gasteiger partial charge in [0.2, 0.25) is 0 Å². The van der Waals surface area contributed by atoms with Gasteiger partial charge in [0.25, 0.3) is 5.91 Å². The van der Waals surface area contributed by atoms with Crippen molar-refractivity contribution in [2.45, 2.75) is 6.18 Å². The average Bonchev–Trinajstić information content (AvgIpc) is 2.74. The predicted octanol–water partition coefficient (Wildman–Crippen LogP) is 1.99. The minimum atomic E-state index is -4.71. The van der Waals surface area contributed by atoms with Gasteiger partial charge in [0.05, 0.1) is 0 Å². The summed E-state index contributed by atoms with van der Waals surface area (Å²) in [6.45, 7) is 0. The fourth-order valence-corrected chi connectivity index (χ4v) is 1.58. The van der Waals surface area contributed by atoms with Crippen molar-refractivity contribution in [3.63, 3.8) is 0 Å². The van der Waals surface area contributed by atoms with E-state index in [0.29, 0.717) is 0 Å². The predicted molar refractivity (Wildman–Crippen MR) is 57.1 cm³/mol. The lowest BCUT2D eigenvalue weighted by Crippen LogP contribution is -2.21. The molecule has 0 atom stereocenters. The molecule has 0 unspecified atom stereocenters. The molecule has 0 radical (unpaired) electrons. The summed E-state index contributed by atoms with van der Waals surface area (Å²) in [6.07, 6.45) is -3.78. The Labute approximate surface area is 99.9 Å². The van der Waals surface area contributed by atoms with E-state index < -0.39 is 23.5 Å². The Bertz CT molecular complexity index is 575. The topological polar surface area (TPSA) is 60.9 Å². The van der Waals surface area contributed by atoms with E-state index >= 15 is 0 Å². The van der Waals surface area contributed by atoms with E-state index in [1.807, 2.05) is 0 Å². The van der Waals surface area contributed by atoms with Gasteiger partial charge in [-0.1, -0.05) is 18.2 Å². The Morgan fingerprint density at radius 3 is 2.33 bits per heavy atom. The van der Waals surface area contributed by atoms with Gasteiger partial charge in [-0.15, -0.1) is 0 Å². The Morgan fingerprint density at radius 1 is 1.22 bits per heavy atom. The van der Waals surface area contributed by atoms with Crippen LogP contribution in [-0.4, -0.2) is 15.5 Å². The highest BCUT2D eigenvalue weighted by atomic mass is 19.4. The summed E-state index contributed by atoms with van der Waals surface area (Å²) in [5, 5.41) is 0. The molecular weight excluding hydrogens is 247 g/mol. The minimum absolute atomic E-state index is 0.254. The number of primary amides is 1. The van der Waals surface area contributed by atoms with Crippen LogP contribution in [0.15, 0.2) is 36.7 Å². The van der Waals surface area contributed by atoms with Crippen molar-refractivity contribution in [1.82, 2.24) is 9.55 Å². The lowest BCUT2D eigenvalue weighted by atomic mass is 10.2. The summed E-state index contributed by atoms with van der Waals surface area (Å²) in [5.74, 6) is -1.21. The molecule has 0 aliphatic heterocycles. The molecule has 2 N–H and O–H groups in total. The zero-order valence-electron chi connectivity index (χ0n) is 8.98. The number of carbonyl (C=O) groups excluding carboxylic acids is 1. The third-order valence-corrected chi connectivity index (χ3v) is 2.30. The fraction of sp³-hybridized carbons (Fsp3) is 0.0909. The molecule has 0 fully saturated rings. The van der Waals surface area contributed by atoms with Crippen LogP contribution >= 0.6 is 0 Å². The quantitative estimate of drug-likeness (QED) is 0.892. The Morgan fingerprint density at radius 2 is 1.83 bits per heavy atom. The van der Waals surface area contributed by atoms with Crippen LogP contribution in [0.4, 0.5) is 13.2 Å². The number of benzene rings is 1. The smallest absolute Gasteiger partial charge is 0.364 e. The summed E-state index contributed by atoms with van der Waals surface area (Å²) >= 11 is 0. The van der Waals surface area contributed by atoms with E-state index in [1.165, 1.54) is 12.1 Å². The van der Waals surface area contributed by atoms with Crippen LogP contribution in [0.3, 0.4) is 0 Å². The molecule has 4 nitrogen and oxygen atoms in total. The SMILES string of the molecule is NC(=O)c1ncn(-c2ccccc2)c1C(F)(F)F. The molecule has 2 rings (SSSR count). The second-order valence-electron chi connectivity index (χ2n) is 3.51. The standard InChI is InChI=1S/C11H8F3N3O/c12-11(13,14)9-8(10(15)18)16-6-17(9)7-4-2-1-3-5-7/h1-6H,(H2,15,18). The number of hydrogen-bond acceptors (Lipinski definition) is 2. The Kier molecular flexibility index (Phi) is 2.82. The number of imidazole rings is 1. The first-order chi connectivity index (χ1) is 8.41. The molecule has 0 spiro atoms. The number of rotatable bonds is 2. The zero-order valence-corrected chi connectivity index (χ0v) is 8.98. The van der Waals surface area contributed by atoms with Crippen LogP contribution in [0.5, 0.6) is 0 Å². The van der Waals surface area contributed by atoms with Gasteiger partial charge in [0, 0.05) is 5.69 Å². The number of hydrogen-bond donors (Lipinski definition) is 1. The average molecular weight is 255 g/mol. The van der Waals surface area contributed by atoms with Crippen molar-refractivity contribution in [3.05, 3.63) is 48.0 Å². The second kappa shape index (κ2) is 4.17. The maximum atomic E-state index is 12.9. The molecule has 0 saturated heterocycles. The Hall–Kier alpha value is -2.31. The number of nitrogens with zero attached hydrogens (tertiary/aromatic N) is 2. The van der Waals surface area contributed by atoms with Crippen molar-refractivity contribution < 1.29 is 18.0 Å². The van der Waals surface area contributed by atoms with E-state index in [2.05, 4.69) is 4.98 Å². The summed E-state index contributed by atoms with van der Waals surface area (Å²) < 4.78 is 39.6. The molecule has 1 aromatic heterocycles. The van der Waals surface area contributed by atoms with Gasteiger partial charge in [0.15, 0.2) is 11.4 Å². The van der Waals surface area contributed by atoms with E-state index in [4.69, 9.17) is 5.73 Å². The van der Waals surface area contributed by atoms with Crippen molar-refractivity contribution >= 4 is 5.91 Å². The lowest BCUT2D eigenvalue weighted by molar-refractivity contribution is -0.142. The molecule has 7 heteroatoms. The van der Waals surface area contributed by atoms with Gasteiger partial charge in [-0.25, -0.2) is 4.98 Å². The van der Waals surface area contributed by atoms with Gasteiger partial charge >= 0.3 is 6.18 Å². The fourth-order valence-electron chi connectivity index (χ4n) is 1.58. The van der Waals surface area contributed by atoms with Crippen LogP contribution in [0.25, 0.3) is 5.69 Å². The molecule has 94 valence electrons. The van der Waals surface area contributed by atoms with Crippen LogP contribution in [-0.2, 0) is 6.18 Å². The molecule has 0 saturated carbocycles. The summed E-state index contributed by atoms with van der Waals surface area (Å²) in [5.41, 5.74) is 3.19. The van der Waals surface area contributed by atoms with Gasteiger partial charge < -0.3 is 5.73 Å². The normalized spacial score (nSPS) is 11.5. The Balaban J connectivity index is 2.67. The van der Waals surface area contributed by atoms with Gasteiger partial charge in [-0.05, 0) is 12.1 Å². The molecule has 1 aromatic carbocycles. The molecular formula is C11H8F3N3O. The van der Waals surface area contributed by atoms with Crippen molar-refractivity contribution in [2.24, 2.45) is 5.73 Å². The van der Waals surface area contributed by atoms with Crippen molar-refractivity contribution in [1.29, 1.82) is 0 Å².